The van der Waals surface area contributed by atoms with Gasteiger partial charge in [0.25, 0.3) is 0 Å². The van der Waals surface area contributed by atoms with Gasteiger partial charge in [0.05, 0.1) is 7.11 Å². The van der Waals surface area contributed by atoms with E-state index in [0.29, 0.717) is 0 Å². The Balaban J connectivity index is 0. The Labute approximate surface area is 54.3 Å². The largest absolute Gasteiger partial charge is 0.466 e. The third kappa shape index (κ3) is 19.8. The van der Waals surface area contributed by atoms with Crippen molar-refractivity contribution in [3.63, 3.8) is 0 Å². The molecule has 3 heteroatoms. The molecular formula is C6H10O3. The van der Waals surface area contributed by atoms with Crippen molar-refractivity contribution in [1.82, 2.24) is 0 Å². The molecule has 0 aromatic rings. The predicted octanol–water partition coefficient (Wildman–Crippen LogP) is 0.551. The average Bonchev–Trinajstić information content (AvgIpc) is 1.88. The van der Waals surface area contributed by atoms with Crippen LogP contribution in [0.1, 0.15) is 6.92 Å². The predicted molar refractivity (Wildman–Crippen MR) is 34.0 cm³/mol. The first-order valence-electron chi connectivity index (χ1n) is 2.33. The highest BCUT2D eigenvalue weighted by Gasteiger charge is 1.81. The van der Waals surface area contributed by atoms with E-state index in [1.54, 1.807) is 0 Å². The van der Waals surface area contributed by atoms with E-state index in [9.17, 15) is 4.79 Å². The molecule has 0 aromatic carbocycles. The molecule has 52 valence electrons. The zero-order chi connectivity index (χ0) is 7.70. The van der Waals surface area contributed by atoms with Crippen LogP contribution in [-0.4, -0.2) is 19.4 Å². The number of carbonyl (C=O) groups excluding carboxylic acids is 2. The quantitative estimate of drug-likeness (QED) is 0.296. The van der Waals surface area contributed by atoms with E-state index in [2.05, 4.69) is 11.3 Å². The van der Waals surface area contributed by atoms with Crippen LogP contribution in [0.4, 0.5) is 0 Å². The summed E-state index contributed by atoms with van der Waals surface area (Å²) in [5, 5.41) is 0. The molecule has 0 N–H and O–H groups in total. The van der Waals surface area contributed by atoms with Gasteiger partial charge in [-0.2, -0.15) is 0 Å². The molecule has 0 spiro atoms. The first-order chi connectivity index (χ1) is 4.22. The van der Waals surface area contributed by atoms with Gasteiger partial charge >= 0.3 is 5.97 Å². The molecule has 0 aliphatic rings. The summed E-state index contributed by atoms with van der Waals surface area (Å²) in [6.45, 7) is 4.60. The molecule has 0 radical (unpaired) electrons. The molecule has 0 aliphatic carbocycles. The van der Waals surface area contributed by atoms with E-state index in [1.165, 1.54) is 14.0 Å². The van der Waals surface area contributed by atoms with Crippen LogP contribution in [0.3, 0.4) is 0 Å². The maximum absolute atomic E-state index is 9.84. The third-order valence-electron chi connectivity index (χ3n) is 0.368. The summed E-state index contributed by atoms with van der Waals surface area (Å²) >= 11 is 0. The van der Waals surface area contributed by atoms with Crippen molar-refractivity contribution in [3.8, 4) is 0 Å². The van der Waals surface area contributed by atoms with Crippen molar-refractivity contribution in [1.29, 1.82) is 0 Å². The van der Waals surface area contributed by atoms with Crippen molar-refractivity contribution < 1.29 is 14.3 Å². The molecule has 0 unspecified atom stereocenters. The van der Waals surface area contributed by atoms with Gasteiger partial charge in [-0.3, -0.25) is 0 Å². The minimum atomic E-state index is -0.394. The number of hydrogen-bond acceptors (Lipinski definition) is 3. The van der Waals surface area contributed by atoms with E-state index < -0.39 is 5.97 Å². The fraction of sp³-hybridized carbons (Fsp3) is 0.333. The fourth-order valence-corrected chi connectivity index (χ4v) is 0.0833. The Hall–Kier alpha value is -1.12. The first-order valence-corrected chi connectivity index (χ1v) is 2.33. The Morgan fingerprint density at radius 2 is 2.00 bits per heavy atom. The van der Waals surface area contributed by atoms with Crippen molar-refractivity contribution >= 4 is 12.3 Å². The standard InChI is InChI=1S/C4H6O2.C2H4O/c1-3-4(5)6-2;1-2-3/h3H,1H2,2H3;2H,1H3. The van der Waals surface area contributed by atoms with Crippen LogP contribution in [0, 0.1) is 0 Å². The zero-order valence-electron chi connectivity index (χ0n) is 5.59. The third-order valence-corrected chi connectivity index (χ3v) is 0.368. The lowest BCUT2D eigenvalue weighted by atomic mass is 10.7. The highest BCUT2D eigenvalue weighted by Crippen LogP contribution is 1.67. The highest BCUT2D eigenvalue weighted by atomic mass is 16.5. The maximum atomic E-state index is 9.84. The van der Waals surface area contributed by atoms with Crippen LogP contribution in [0.5, 0.6) is 0 Å². The lowest BCUT2D eigenvalue weighted by Crippen LogP contribution is -1.91. The second-order valence-corrected chi connectivity index (χ2v) is 0.963. The van der Waals surface area contributed by atoms with Crippen LogP contribution < -0.4 is 0 Å². The molecule has 0 amide bonds. The van der Waals surface area contributed by atoms with Crippen molar-refractivity contribution in [3.05, 3.63) is 12.7 Å². The zero-order valence-corrected chi connectivity index (χ0v) is 5.59. The molecule has 0 saturated heterocycles. The number of esters is 1. The maximum Gasteiger partial charge on any atom is 0.329 e. The summed E-state index contributed by atoms with van der Waals surface area (Å²) in [6, 6.07) is 0. The second-order valence-electron chi connectivity index (χ2n) is 0.963. The topological polar surface area (TPSA) is 43.4 Å². The van der Waals surface area contributed by atoms with Crippen molar-refractivity contribution in [2.24, 2.45) is 0 Å². The van der Waals surface area contributed by atoms with Gasteiger partial charge in [-0.1, -0.05) is 6.58 Å². The number of hydrogen-bond donors (Lipinski definition) is 0. The molecular weight excluding hydrogens is 120 g/mol. The van der Waals surface area contributed by atoms with Gasteiger partial charge in [-0.25, -0.2) is 4.79 Å². The molecule has 0 fully saturated rings. The van der Waals surface area contributed by atoms with E-state index in [1.807, 2.05) is 0 Å². The summed E-state index contributed by atoms with van der Waals surface area (Å²) in [7, 11) is 1.31. The molecule has 3 nitrogen and oxygen atoms in total. The normalized spacial score (nSPS) is 6.00. The van der Waals surface area contributed by atoms with Crippen LogP contribution in [0.2, 0.25) is 0 Å². The molecule has 0 saturated carbocycles. The van der Waals surface area contributed by atoms with Crippen LogP contribution in [-0.2, 0) is 14.3 Å². The molecule has 0 aromatic heterocycles. The van der Waals surface area contributed by atoms with E-state index >= 15 is 0 Å². The Morgan fingerprint density at radius 3 is 2.00 bits per heavy atom. The van der Waals surface area contributed by atoms with Crippen LogP contribution in [0.15, 0.2) is 12.7 Å². The highest BCUT2D eigenvalue weighted by molar-refractivity contribution is 5.80. The average molecular weight is 130 g/mol. The molecule has 0 rings (SSSR count). The summed E-state index contributed by atoms with van der Waals surface area (Å²) in [6.07, 6.45) is 1.86. The van der Waals surface area contributed by atoms with Crippen molar-refractivity contribution in [2.45, 2.75) is 6.92 Å². The van der Waals surface area contributed by atoms with E-state index in [0.717, 1.165) is 12.4 Å². The lowest BCUT2D eigenvalue weighted by Gasteiger charge is -1.83. The Kier molecular flexibility index (Phi) is 12.0. The fourth-order valence-electron chi connectivity index (χ4n) is 0.0833. The van der Waals surface area contributed by atoms with E-state index in [-0.39, 0.29) is 0 Å². The van der Waals surface area contributed by atoms with Gasteiger partial charge in [-0.05, 0) is 6.92 Å². The number of methoxy groups -OCH3 is 1. The SMILES string of the molecule is C=CC(=O)OC.CC=O. The number of aldehydes is 1. The van der Waals surface area contributed by atoms with Gasteiger partial charge in [0.1, 0.15) is 6.29 Å². The molecule has 0 heterocycles. The van der Waals surface area contributed by atoms with Gasteiger partial charge in [0.15, 0.2) is 0 Å². The Morgan fingerprint density at radius 1 is 1.67 bits per heavy atom. The van der Waals surface area contributed by atoms with Gasteiger partial charge < -0.3 is 9.53 Å². The van der Waals surface area contributed by atoms with Gasteiger partial charge in [0, 0.05) is 6.08 Å². The molecule has 0 aliphatic heterocycles. The second kappa shape index (κ2) is 9.99. The smallest absolute Gasteiger partial charge is 0.329 e. The van der Waals surface area contributed by atoms with Gasteiger partial charge in [0.2, 0.25) is 0 Å². The lowest BCUT2D eigenvalue weighted by molar-refractivity contribution is -0.134. The van der Waals surface area contributed by atoms with Crippen LogP contribution >= 0.6 is 0 Å². The minimum Gasteiger partial charge on any atom is -0.466 e. The number of ether oxygens (including phenoxy) is 1. The molecule has 9 heavy (non-hydrogen) atoms. The van der Waals surface area contributed by atoms with Crippen molar-refractivity contribution in [2.75, 3.05) is 7.11 Å². The summed E-state index contributed by atoms with van der Waals surface area (Å²) < 4.78 is 4.14. The summed E-state index contributed by atoms with van der Waals surface area (Å²) in [5.74, 6) is -0.394. The summed E-state index contributed by atoms with van der Waals surface area (Å²) in [4.78, 5) is 18.6. The minimum absolute atomic E-state index is 0.394. The van der Waals surface area contributed by atoms with Crippen LogP contribution in [0.25, 0.3) is 0 Å². The van der Waals surface area contributed by atoms with Gasteiger partial charge in [-0.15, -0.1) is 0 Å². The molecule has 0 atom stereocenters. The Bertz CT molecular complexity index is 96.5. The number of carbonyl (C=O) groups is 2. The summed E-state index contributed by atoms with van der Waals surface area (Å²) in [5.41, 5.74) is 0. The molecule has 0 bridgehead atoms. The monoisotopic (exact) mass is 130 g/mol. The number of rotatable bonds is 1. The van der Waals surface area contributed by atoms with E-state index in [4.69, 9.17) is 4.79 Å². The first kappa shape index (κ1) is 10.8.